The van der Waals surface area contributed by atoms with Gasteiger partial charge >= 0.3 is 0 Å². The van der Waals surface area contributed by atoms with E-state index in [1.807, 2.05) is 0 Å². The summed E-state index contributed by atoms with van der Waals surface area (Å²) in [6, 6.07) is 0.325. The molecule has 2 atom stereocenters. The Balaban J connectivity index is 2.20. The minimum atomic E-state index is 0.217. The number of rotatable bonds is 4. The maximum Gasteiger partial charge on any atom is 0.220 e. The predicted octanol–water partition coefficient (Wildman–Crippen LogP) is 2.32. The molecule has 1 amide bonds. The van der Waals surface area contributed by atoms with E-state index >= 15 is 0 Å². The van der Waals surface area contributed by atoms with Crippen LogP contribution in [0.3, 0.4) is 0 Å². The van der Waals surface area contributed by atoms with Gasteiger partial charge in [0.1, 0.15) is 0 Å². The second kappa shape index (κ2) is 6.39. The SMILES string of the molecule is CC1CCNCC1NC(=O)CCCC(C)(C)C. The fraction of sp³-hybridized carbons (Fsp3) is 0.929. The molecule has 0 spiro atoms. The number of hydrogen-bond acceptors (Lipinski definition) is 2. The van der Waals surface area contributed by atoms with Crippen LogP contribution in [0.4, 0.5) is 0 Å². The van der Waals surface area contributed by atoms with Gasteiger partial charge in [-0.25, -0.2) is 0 Å². The van der Waals surface area contributed by atoms with Crippen molar-refractivity contribution >= 4 is 5.91 Å². The summed E-state index contributed by atoms with van der Waals surface area (Å²) in [6.45, 7) is 10.9. The third-order valence-electron chi connectivity index (χ3n) is 3.50. The molecular weight excluding hydrogens is 212 g/mol. The summed E-state index contributed by atoms with van der Waals surface area (Å²) < 4.78 is 0. The van der Waals surface area contributed by atoms with Gasteiger partial charge in [-0.15, -0.1) is 0 Å². The van der Waals surface area contributed by atoms with Crippen molar-refractivity contribution < 1.29 is 4.79 Å². The van der Waals surface area contributed by atoms with E-state index in [-0.39, 0.29) is 5.91 Å². The minimum Gasteiger partial charge on any atom is -0.352 e. The summed E-state index contributed by atoms with van der Waals surface area (Å²) in [4.78, 5) is 11.8. The maximum absolute atomic E-state index is 11.8. The van der Waals surface area contributed by atoms with Crippen LogP contribution in [0.2, 0.25) is 0 Å². The molecule has 100 valence electrons. The van der Waals surface area contributed by atoms with E-state index in [1.54, 1.807) is 0 Å². The Hall–Kier alpha value is -0.570. The average Bonchev–Trinajstić information content (AvgIpc) is 2.19. The zero-order chi connectivity index (χ0) is 12.9. The van der Waals surface area contributed by atoms with Crippen molar-refractivity contribution in [2.75, 3.05) is 13.1 Å². The number of amides is 1. The molecule has 0 aliphatic carbocycles. The van der Waals surface area contributed by atoms with Crippen LogP contribution in [-0.4, -0.2) is 25.0 Å². The lowest BCUT2D eigenvalue weighted by molar-refractivity contribution is -0.122. The van der Waals surface area contributed by atoms with Crippen LogP contribution in [0.25, 0.3) is 0 Å². The highest BCUT2D eigenvalue weighted by Crippen LogP contribution is 2.21. The largest absolute Gasteiger partial charge is 0.352 e. The third kappa shape index (κ3) is 6.06. The second-order valence-corrected chi connectivity index (χ2v) is 6.56. The molecule has 0 aromatic heterocycles. The lowest BCUT2D eigenvalue weighted by Crippen LogP contribution is -2.50. The standard InChI is InChI=1S/C14H28N2O/c1-11-7-9-15-10-12(11)16-13(17)6-5-8-14(2,3)4/h11-12,15H,5-10H2,1-4H3,(H,16,17). The molecule has 1 saturated heterocycles. The molecule has 1 aliphatic heterocycles. The maximum atomic E-state index is 11.8. The smallest absolute Gasteiger partial charge is 0.220 e. The molecule has 17 heavy (non-hydrogen) atoms. The zero-order valence-corrected chi connectivity index (χ0v) is 11.8. The van der Waals surface area contributed by atoms with E-state index < -0.39 is 0 Å². The van der Waals surface area contributed by atoms with E-state index in [0.29, 0.717) is 23.8 Å². The third-order valence-corrected chi connectivity index (χ3v) is 3.50. The van der Waals surface area contributed by atoms with Gasteiger partial charge in [-0.3, -0.25) is 4.79 Å². The zero-order valence-electron chi connectivity index (χ0n) is 11.8. The number of carbonyl (C=O) groups is 1. The number of nitrogens with one attached hydrogen (secondary N) is 2. The first-order chi connectivity index (χ1) is 7.88. The number of piperidine rings is 1. The molecule has 1 heterocycles. The Kier molecular flexibility index (Phi) is 5.44. The summed E-state index contributed by atoms with van der Waals surface area (Å²) >= 11 is 0. The molecule has 3 heteroatoms. The molecule has 0 aromatic carbocycles. The van der Waals surface area contributed by atoms with Gasteiger partial charge in [-0.05, 0) is 37.1 Å². The quantitative estimate of drug-likeness (QED) is 0.792. The van der Waals surface area contributed by atoms with E-state index in [1.165, 1.54) is 0 Å². The van der Waals surface area contributed by atoms with Crippen molar-refractivity contribution in [1.29, 1.82) is 0 Å². The lowest BCUT2D eigenvalue weighted by atomic mass is 9.89. The van der Waals surface area contributed by atoms with E-state index in [9.17, 15) is 4.79 Å². The van der Waals surface area contributed by atoms with Gasteiger partial charge in [-0.2, -0.15) is 0 Å². The second-order valence-electron chi connectivity index (χ2n) is 6.56. The van der Waals surface area contributed by atoms with Gasteiger partial charge in [0.05, 0.1) is 0 Å². The predicted molar refractivity (Wildman–Crippen MR) is 71.9 cm³/mol. The molecule has 0 bridgehead atoms. The number of carbonyl (C=O) groups excluding carboxylic acids is 1. The average molecular weight is 240 g/mol. The minimum absolute atomic E-state index is 0.217. The molecule has 2 N–H and O–H groups in total. The first-order valence-corrected chi connectivity index (χ1v) is 6.88. The Morgan fingerprint density at radius 3 is 2.71 bits per heavy atom. The lowest BCUT2D eigenvalue weighted by Gasteiger charge is -2.30. The topological polar surface area (TPSA) is 41.1 Å². The molecule has 0 saturated carbocycles. The Bertz CT molecular complexity index is 245. The van der Waals surface area contributed by atoms with Crippen LogP contribution in [0.15, 0.2) is 0 Å². The highest BCUT2D eigenvalue weighted by atomic mass is 16.1. The summed E-state index contributed by atoms with van der Waals surface area (Å²) in [7, 11) is 0. The van der Waals surface area contributed by atoms with E-state index in [4.69, 9.17) is 0 Å². The Labute approximate surface area is 106 Å². The highest BCUT2D eigenvalue weighted by molar-refractivity contribution is 5.76. The first kappa shape index (κ1) is 14.5. The van der Waals surface area contributed by atoms with Crippen molar-refractivity contribution in [3.63, 3.8) is 0 Å². The summed E-state index contributed by atoms with van der Waals surface area (Å²) in [5, 5.41) is 6.49. The van der Waals surface area contributed by atoms with E-state index in [2.05, 4.69) is 38.3 Å². The van der Waals surface area contributed by atoms with Gasteiger partial charge in [-0.1, -0.05) is 27.7 Å². The molecule has 1 rings (SSSR count). The monoisotopic (exact) mass is 240 g/mol. The van der Waals surface area contributed by atoms with Crippen molar-refractivity contribution in [3.8, 4) is 0 Å². The highest BCUT2D eigenvalue weighted by Gasteiger charge is 2.22. The molecule has 1 fully saturated rings. The van der Waals surface area contributed by atoms with Gasteiger partial charge in [0.15, 0.2) is 0 Å². The summed E-state index contributed by atoms with van der Waals surface area (Å²) in [5.74, 6) is 0.817. The van der Waals surface area contributed by atoms with Gasteiger partial charge in [0.25, 0.3) is 0 Å². The molecular formula is C14H28N2O. The fourth-order valence-electron chi connectivity index (χ4n) is 2.24. The molecule has 1 aliphatic rings. The van der Waals surface area contributed by atoms with Crippen molar-refractivity contribution in [1.82, 2.24) is 10.6 Å². The molecule has 0 radical (unpaired) electrons. The summed E-state index contributed by atoms with van der Waals surface area (Å²) in [5.41, 5.74) is 0.333. The normalized spacial score (nSPS) is 25.6. The van der Waals surface area contributed by atoms with Crippen LogP contribution in [0.1, 0.15) is 53.4 Å². The van der Waals surface area contributed by atoms with Gasteiger partial charge in [0, 0.05) is 19.0 Å². The van der Waals surface area contributed by atoms with Gasteiger partial charge in [0.2, 0.25) is 5.91 Å². The molecule has 0 aromatic rings. The Morgan fingerprint density at radius 1 is 1.41 bits per heavy atom. The van der Waals surface area contributed by atoms with Crippen molar-refractivity contribution in [2.45, 2.75) is 59.4 Å². The van der Waals surface area contributed by atoms with Crippen LogP contribution in [0.5, 0.6) is 0 Å². The van der Waals surface area contributed by atoms with Crippen LogP contribution >= 0.6 is 0 Å². The summed E-state index contributed by atoms with van der Waals surface area (Å²) in [6.07, 6.45) is 3.93. The van der Waals surface area contributed by atoms with E-state index in [0.717, 1.165) is 32.4 Å². The fourth-order valence-corrected chi connectivity index (χ4v) is 2.24. The van der Waals surface area contributed by atoms with Crippen molar-refractivity contribution in [2.24, 2.45) is 11.3 Å². The molecule has 2 unspecified atom stereocenters. The number of hydrogen-bond donors (Lipinski definition) is 2. The van der Waals surface area contributed by atoms with Crippen LogP contribution < -0.4 is 10.6 Å². The van der Waals surface area contributed by atoms with Crippen LogP contribution in [0, 0.1) is 11.3 Å². The molecule has 3 nitrogen and oxygen atoms in total. The van der Waals surface area contributed by atoms with Crippen LogP contribution in [-0.2, 0) is 4.79 Å². The first-order valence-electron chi connectivity index (χ1n) is 6.88. The Morgan fingerprint density at radius 2 is 2.12 bits per heavy atom. The van der Waals surface area contributed by atoms with Gasteiger partial charge < -0.3 is 10.6 Å². The van der Waals surface area contributed by atoms with Crippen molar-refractivity contribution in [3.05, 3.63) is 0 Å².